The molecular formula is C21H24ClFN6O. The van der Waals surface area contributed by atoms with E-state index >= 15 is 0 Å². The number of hydrogen-bond donors (Lipinski definition) is 2. The topological polar surface area (TPSA) is 84.7 Å². The molecule has 0 aliphatic carbocycles. The van der Waals surface area contributed by atoms with Crippen molar-refractivity contribution in [3.63, 3.8) is 0 Å². The summed E-state index contributed by atoms with van der Waals surface area (Å²) in [5.74, 6) is 0.399. The molecule has 1 unspecified atom stereocenters. The number of hydrogen-bond acceptors (Lipinski definition) is 5. The largest absolute Gasteiger partial charge is 0.370 e. The Labute approximate surface area is 179 Å². The van der Waals surface area contributed by atoms with Gasteiger partial charge in [-0.25, -0.2) is 9.37 Å². The summed E-state index contributed by atoms with van der Waals surface area (Å²) in [7, 11) is 0. The minimum Gasteiger partial charge on any atom is -0.370 e. The highest BCUT2D eigenvalue weighted by Crippen LogP contribution is 2.17. The number of carbonyl (C=O) groups is 1. The molecule has 0 saturated heterocycles. The lowest BCUT2D eigenvalue weighted by atomic mass is 10.0. The summed E-state index contributed by atoms with van der Waals surface area (Å²) in [6.45, 7) is 3.50. The van der Waals surface area contributed by atoms with Gasteiger partial charge in [0.2, 0.25) is 0 Å². The lowest BCUT2D eigenvalue weighted by Gasteiger charge is -2.13. The molecule has 0 saturated carbocycles. The predicted molar refractivity (Wildman–Crippen MR) is 114 cm³/mol. The van der Waals surface area contributed by atoms with Crippen LogP contribution >= 0.6 is 11.6 Å². The van der Waals surface area contributed by atoms with Crippen molar-refractivity contribution in [2.45, 2.75) is 26.2 Å². The lowest BCUT2D eigenvalue weighted by Crippen LogP contribution is -2.26. The molecule has 0 spiro atoms. The molecule has 1 atom stereocenters. The van der Waals surface area contributed by atoms with Crippen molar-refractivity contribution in [1.82, 2.24) is 25.3 Å². The van der Waals surface area contributed by atoms with Crippen molar-refractivity contribution in [3.05, 3.63) is 65.3 Å². The lowest BCUT2D eigenvalue weighted by molar-refractivity contribution is 0.0951. The molecule has 3 aromatic rings. The third kappa shape index (κ3) is 6.00. The van der Waals surface area contributed by atoms with Gasteiger partial charge in [0.15, 0.2) is 5.82 Å². The van der Waals surface area contributed by atoms with Crippen molar-refractivity contribution >= 4 is 23.3 Å². The molecule has 3 rings (SSSR count). The molecule has 1 aromatic carbocycles. The zero-order valence-corrected chi connectivity index (χ0v) is 17.4. The molecule has 30 heavy (non-hydrogen) atoms. The van der Waals surface area contributed by atoms with E-state index < -0.39 is 5.82 Å². The highest BCUT2D eigenvalue weighted by atomic mass is 35.5. The first kappa shape index (κ1) is 21.7. The van der Waals surface area contributed by atoms with Crippen LogP contribution in [0.3, 0.4) is 0 Å². The molecule has 0 fully saturated rings. The highest BCUT2D eigenvalue weighted by molar-refractivity contribution is 6.30. The number of halogens is 2. The molecule has 2 N–H and O–H groups in total. The van der Waals surface area contributed by atoms with Gasteiger partial charge in [-0.1, -0.05) is 24.6 Å². The van der Waals surface area contributed by atoms with Crippen molar-refractivity contribution in [2.24, 2.45) is 5.92 Å². The van der Waals surface area contributed by atoms with Crippen molar-refractivity contribution in [2.75, 3.05) is 18.4 Å². The molecule has 1 amide bonds. The molecular weight excluding hydrogens is 407 g/mol. The third-order valence-corrected chi connectivity index (χ3v) is 4.90. The van der Waals surface area contributed by atoms with Crippen molar-refractivity contribution < 1.29 is 9.18 Å². The fraction of sp³-hybridized carbons (Fsp3) is 0.333. The number of anilines is 1. The molecule has 0 radical (unpaired) electrons. The van der Waals surface area contributed by atoms with Crippen LogP contribution in [0.15, 0.2) is 48.9 Å². The van der Waals surface area contributed by atoms with Crippen molar-refractivity contribution in [3.8, 4) is 5.69 Å². The molecule has 2 heterocycles. The van der Waals surface area contributed by atoms with E-state index in [1.165, 1.54) is 24.5 Å². The van der Waals surface area contributed by atoms with Crippen molar-refractivity contribution in [1.29, 1.82) is 0 Å². The Kier molecular flexibility index (Phi) is 7.73. The van der Waals surface area contributed by atoms with Crippen LogP contribution in [0.4, 0.5) is 10.2 Å². The number of benzene rings is 1. The molecule has 7 nitrogen and oxygen atoms in total. The maximum atomic E-state index is 14.2. The van der Waals surface area contributed by atoms with Gasteiger partial charge in [-0.05, 0) is 49.4 Å². The minimum absolute atomic E-state index is 0.0512. The number of nitrogens with zero attached hydrogens (tertiary/aromatic N) is 4. The smallest absolute Gasteiger partial charge is 0.253 e. The van der Waals surface area contributed by atoms with E-state index in [-0.39, 0.29) is 17.2 Å². The van der Waals surface area contributed by atoms with Crippen LogP contribution in [0.5, 0.6) is 0 Å². The first-order valence-corrected chi connectivity index (χ1v) is 10.2. The second kappa shape index (κ2) is 10.7. The minimum atomic E-state index is -0.546. The maximum absolute atomic E-state index is 14.2. The Morgan fingerprint density at radius 1 is 1.17 bits per heavy atom. The quantitative estimate of drug-likeness (QED) is 0.473. The van der Waals surface area contributed by atoms with E-state index in [2.05, 4.69) is 32.7 Å². The summed E-state index contributed by atoms with van der Waals surface area (Å²) in [6, 6.07) is 8.00. The summed E-state index contributed by atoms with van der Waals surface area (Å²) in [6.07, 6.45) is 7.27. The fourth-order valence-electron chi connectivity index (χ4n) is 3.05. The van der Waals surface area contributed by atoms with Crippen LogP contribution in [-0.2, 0) is 0 Å². The molecule has 0 aliphatic rings. The fourth-order valence-corrected chi connectivity index (χ4v) is 3.16. The van der Waals surface area contributed by atoms with Crippen LogP contribution in [0.2, 0.25) is 5.02 Å². The van der Waals surface area contributed by atoms with E-state index in [1.54, 1.807) is 18.3 Å². The predicted octanol–water partition coefficient (Wildman–Crippen LogP) is 4.10. The van der Waals surface area contributed by atoms with Gasteiger partial charge in [0.1, 0.15) is 11.5 Å². The highest BCUT2D eigenvalue weighted by Gasteiger charge is 2.17. The van der Waals surface area contributed by atoms with Gasteiger partial charge in [-0.2, -0.15) is 10.2 Å². The van der Waals surface area contributed by atoms with Crippen LogP contribution in [0.25, 0.3) is 5.69 Å². The van der Waals surface area contributed by atoms with Gasteiger partial charge in [0, 0.05) is 19.3 Å². The second-order valence-corrected chi connectivity index (χ2v) is 7.47. The summed E-state index contributed by atoms with van der Waals surface area (Å²) in [5.41, 5.74) is 0.258. The zero-order chi connectivity index (χ0) is 21.3. The van der Waals surface area contributed by atoms with Crippen LogP contribution in [-0.4, -0.2) is 39.0 Å². The van der Waals surface area contributed by atoms with Gasteiger partial charge >= 0.3 is 0 Å². The average molecular weight is 431 g/mol. The molecule has 0 bridgehead atoms. The van der Waals surface area contributed by atoms with Gasteiger partial charge in [0.25, 0.3) is 5.91 Å². The van der Waals surface area contributed by atoms with E-state index in [0.29, 0.717) is 17.5 Å². The zero-order valence-electron chi connectivity index (χ0n) is 16.7. The maximum Gasteiger partial charge on any atom is 0.253 e. The molecule has 0 aliphatic heterocycles. The van der Waals surface area contributed by atoms with Gasteiger partial charge in [-0.15, -0.1) is 4.80 Å². The number of carbonyl (C=O) groups excluding carboxylic acids is 1. The Morgan fingerprint density at radius 2 is 1.97 bits per heavy atom. The number of pyridine rings is 1. The van der Waals surface area contributed by atoms with Gasteiger partial charge in [0.05, 0.1) is 23.0 Å². The normalized spacial score (nSPS) is 11.8. The third-order valence-electron chi connectivity index (χ3n) is 4.68. The summed E-state index contributed by atoms with van der Waals surface area (Å²) >= 11 is 5.82. The summed E-state index contributed by atoms with van der Waals surface area (Å²) < 4.78 is 14.2. The molecule has 158 valence electrons. The summed E-state index contributed by atoms with van der Waals surface area (Å²) in [5, 5.41) is 14.6. The Bertz CT molecular complexity index is 949. The Hall–Kier alpha value is -3.00. The second-order valence-electron chi connectivity index (χ2n) is 7.03. The number of para-hydroxylation sites is 1. The first-order chi connectivity index (χ1) is 14.5. The SMILES string of the molecule is CC(CCCNC(=O)c1cccc(F)c1-n1nccn1)CCNc1ccc(Cl)cn1. The molecule has 9 heteroatoms. The van der Waals surface area contributed by atoms with E-state index in [1.807, 2.05) is 6.07 Å². The number of aromatic nitrogens is 4. The first-order valence-electron chi connectivity index (χ1n) is 9.83. The van der Waals surface area contributed by atoms with Crippen LogP contribution in [0.1, 0.15) is 36.5 Å². The van der Waals surface area contributed by atoms with Crippen LogP contribution in [0, 0.1) is 11.7 Å². The Balaban J connectivity index is 1.41. The number of amides is 1. The standard InChI is InChI=1S/C21H24ClFN6O/c1-15(9-11-24-19-8-7-16(22)14-26-19)4-3-10-25-21(30)17-5-2-6-18(23)20(17)29-27-12-13-28-29/h2,5-8,12-15H,3-4,9-11H2,1H3,(H,24,26)(H,25,30). The summed E-state index contributed by atoms with van der Waals surface area (Å²) in [4.78, 5) is 17.9. The average Bonchev–Trinajstić information content (AvgIpc) is 3.26. The number of rotatable bonds is 10. The monoisotopic (exact) mass is 430 g/mol. The number of nitrogens with one attached hydrogen (secondary N) is 2. The molecule has 2 aromatic heterocycles. The van der Waals surface area contributed by atoms with Gasteiger partial charge < -0.3 is 10.6 Å². The van der Waals surface area contributed by atoms with Crippen LogP contribution < -0.4 is 10.6 Å². The van der Waals surface area contributed by atoms with E-state index in [9.17, 15) is 9.18 Å². The van der Waals surface area contributed by atoms with Gasteiger partial charge in [-0.3, -0.25) is 4.79 Å². The Morgan fingerprint density at radius 3 is 2.70 bits per heavy atom. The van der Waals surface area contributed by atoms with E-state index in [4.69, 9.17) is 11.6 Å². The van der Waals surface area contributed by atoms with E-state index in [0.717, 1.165) is 36.4 Å².